The van der Waals surface area contributed by atoms with Crippen LogP contribution in [0, 0.1) is 0 Å². The van der Waals surface area contributed by atoms with Crippen LogP contribution in [0.5, 0.6) is 0 Å². The van der Waals surface area contributed by atoms with Crippen LogP contribution < -0.4 is 15.9 Å². The van der Waals surface area contributed by atoms with E-state index in [2.05, 4.69) is 119 Å². The fourth-order valence-corrected chi connectivity index (χ4v) is 8.08. The number of halogens is 1. The molecule has 0 aliphatic heterocycles. The molecule has 132 valence electrons. The topological polar surface area (TPSA) is 12.9 Å². The highest BCUT2D eigenvalue weighted by atomic mass is 79.9. The summed E-state index contributed by atoms with van der Waals surface area (Å²) in [7, 11) is -1.88. The second-order valence-electron chi connectivity index (χ2n) is 6.43. The van der Waals surface area contributed by atoms with Crippen LogP contribution in [-0.2, 0) is 6.16 Å². The molecule has 27 heavy (non-hydrogen) atoms. The van der Waals surface area contributed by atoms with Crippen LogP contribution in [0.3, 0.4) is 0 Å². The lowest BCUT2D eigenvalue weighted by Crippen LogP contribution is -2.32. The predicted molar refractivity (Wildman–Crippen MR) is 121 cm³/mol. The van der Waals surface area contributed by atoms with Gasteiger partial charge in [0, 0.05) is 0 Å². The van der Waals surface area contributed by atoms with Crippen molar-refractivity contribution in [3.8, 4) is 0 Å². The van der Waals surface area contributed by atoms with Crippen molar-refractivity contribution in [2.75, 3.05) is 0 Å². The zero-order chi connectivity index (χ0) is 18.5. The van der Waals surface area contributed by atoms with Crippen LogP contribution in [0.1, 0.15) is 5.69 Å². The Hall–Kier alpha value is -2.28. The lowest BCUT2D eigenvalue weighted by Gasteiger charge is -2.27. The maximum Gasteiger partial charge on any atom is 0.118 e. The molecule has 0 fully saturated rings. The van der Waals surface area contributed by atoms with Gasteiger partial charge < -0.3 is 0 Å². The first-order valence-electron chi connectivity index (χ1n) is 8.95. The minimum Gasteiger partial charge on any atom is -0.242 e. The van der Waals surface area contributed by atoms with Crippen LogP contribution in [-0.4, -0.2) is 4.98 Å². The van der Waals surface area contributed by atoms with E-state index in [9.17, 15) is 0 Å². The van der Waals surface area contributed by atoms with Gasteiger partial charge in [-0.25, -0.2) is 4.98 Å². The highest BCUT2D eigenvalue weighted by molar-refractivity contribution is 9.10. The number of hydrogen-bond donors (Lipinski definition) is 0. The van der Waals surface area contributed by atoms with E-state index in [1.165, 1.54) is 15.9 Å². The van der Waals surface area contributed by atoms with E-state index in [1.807, 2.05) is 6.07 Å². The quantitative estimate of drug-likeness (QED) is 0.306. The Morgan fingerprint density at radius 2 is 1.00 bits per heavy atom. The molecule has 1 nitrogen and oxygen atoms in total. The van der Waals surface area contributed by atoms with Gasteiger partial charge in [0.25, 0.3) is 0 Å². The molecule has 3 heteroatoms. The largest absolute Gasteiger partial charge is 0.242 e. The fourth-order valence-electron chi connectivity index (χ4n) is 3.55. The van der Waals surface area contributed by atoms with Crippen molar-refractivity contribution in [3.05, 3.63) is 119 Å². The van der Waals surface area contributed by atoms with Gasteiger partial charge in [-0.2, -0.15) is 0 Å². The number of pyridine rings is 1. The van der Waals surface area contributed by atoms with E-state index in [0.717, 1.165) is 16.5 Å². The average molecular weight is 433 g/mol. The third-order valence-electron chi connectivity index (χ3n) is 4.76. The van der Waals surface area contributed by atoms with Gasteiger partial charge in [-0.05, 0) is 64.5 Å². The van der Waals surface area contributed by atoms with Crippen molar-refractivity contribution in [3.63, 3.8) is 0 Å². The lowest BCUT2D eigenvalue weighted by atomic mass is 10.3. The van der Waals surface area contributed by atoms with Gasteiger partial charge in [-0.15, -0.1) is 0 Å². The van der Waals surface area contributed by atoms with E-state index in [4.69, 9.17) is 4.98 Å². The highest BCUT2D eigenvalue weighted by Gasteiger charge is 2.45. The Morgan fingerprint density at radius 3 is 1.41 bits per heavy atom. The molecule has 1 aromatic heterocycles. The Bertz CT molecular complexity index is 907. The summed E-state index contributed by atoms with van der Waals surface area (Å²) in [6.07, 6.45) is 0.893. The number of aromatic nitrogens is 1. The van der Waals surface area contributed by atoms with Crippen molar-refractivity contribution < 1.29 is 0 Å². The molecule has 4 rings (SSSR count). The van der Waals surface area contributed by atoms with Gasteiger partial charge in [-0.1, -0.05) is 60.7 Å². The molecule has 1 heterocycles. The van der Waals surface area contributed by atoms with Gasteiger partial charge in [0.1, 0.15) is 33.9 Å². The average Bonchev–Trinajstić information content (AvgIpc) is 2.74. The summed E-state index contributed by atoms with van der Waals surface area (Å²) in [6.45, 7) is 0. The van der Waals surface area contributed by atoms with Crippen molar-refractivity contribution in [1.29, 1.82) is 0 Å². The van der Waals surface area contributed by atoms with E-state index >= 15 is 0 Å². The highest BCUT2D eigenvalue weighted by Crippen LogP contribution is 2.57. The molecule has 0 amide bonds. The minimum atomic E-state index is -1.88. The molecule has 0 aliphatic carbocycles. The van der Waals surface area contributed by atoms with E-state index in [1.54, 1.807) is 0 Å². The second-order valence-corrected chi connectivity index (χ2v) is 10.7. The van der Waals surface area contributed by atoms with Crippen LogP contribution in [0.15, 0.2) is 114 Å². The number of nitrogens with zero attached hydrogens (tertiary/aromatic N) is 1. The van der Waals surface area contributed by atoms with Gasteiger partial charge in [-0.3, -0.25) is 0 Å². The molecule has 0 aliphatic rings. The third-order valence-corrected chi connectivity index (χ3v) is 9.54. The van der Waals surface area contributed by atoms with Gasteiger partial charge in [0.2, 0.25) is 0 Å². The van der Waals surface area contributed by atoms with Crippen molar-refractivity contribution in [2.24, 2.45) is 0 Å². The molecular formula is C24H20BrNP+. The molecule has 0 spiro atoms. The lowest BCUT2D eigenvalue weighted by molar-refractivity contribution is 1.14. The Kier molecular flexibility index (Phi) is 5.48. The monoisotopic (exact) mass is 432 g/mol. The molecular weight excluding hydrogens is 413 g/mol. The summed E-state index contributed by atoms with van der Waals surface area (Å²) in [6, 6.07) is 38.9. The summed E-state index contributed by atoms with van der Waals surface area (Å²) < 4.78 is 0.882. The number of hydrogen-bond acceptors (Lipinski definition) is 1. The maximum absolute atomic E-state index is 4.78. The molecule has 0 bridgehead atoms. The number of benzene rings is 3. The summed E-state index contributed by atoms with van der Waals surface area (Å²) in [5.41, 5.74) is 1.11. The molecule has 3 aromatic carbocycles. The van der Waals surface area contributed by atoms with E-state index < -0.39 is 7.26 Å². The zero-order valence-electron chi connectivity index (χ0n) is 14.9. The van der Waals surface area contributed by atoms with Gasteiger partial charge >= 0.3 is 0 Å². The van der Waals surface area contributed by atoms with Crippen molar-refractivity contribution in [2.45, 2.75) is 6.16 Å². The van der Waals surface area contributed by atoms with Crippen LogP contribution in [0.4, 0.5) is 0 Å². The molecule has 0 radical (unpaired) electrons. The first-order chi connectivity index (χ1) is 13.3. The molecule has 0 atom stereocenters. The Balaban J connectivity index is 2.00. The van der Waals surface area contributed by atoms with E-state index in [-0.39, 0.29) is 0 Å². The normalized spacial score (nSPS) is 11.3. The first-order valence-corrected chi connectivity index (χ1v) is 11.7. The summed E-state index contributed by atoms with van der Waals surface area (Å²) in [4.78, 5) is 4.78. The van der Waals surface area contributed by atoms with Gasteiger partial charge in [0.05, 0.1) is 5.69 Å². The second kappa shape index (κ2) is 8.17. The smallest absolute Gasteiger partial charge is 0.118 e. The van der Waals surface area contributed by atoms with Crippen LogP contribution in [0.2, 0.25) is 0 Å². The molecule has 4 aromatic rings. The Labute approximate surface area is 169 Å². The predicted octanol–water partition coefficient (Wildman–Crippen LogP) is 5.34. The summed E-state index contributed by atoms with van der Waals surface area (Å²) in [5.74, 6) is 0. The fraction of sp³-hybridized carbons (Fsp3) is 0.0417. The van der Waals surface area contributed by atoms with Crippen LogP contribution in [0.25, 0.3) is 0 Å². The van der Waals surface area contributed by atoms with E-state index in [0.29, 0.717) is 0 Å². The molecule has 0 saturated carbocycles. The standard InChI is InChI=1S/C24H20BrNP/c25-24-18-10-11-20(26-24)19-27(21-12-4-1-5-13-21,22-14-6-2-7-15-22)23-16-8-3-9-17-23/h1-18H,19H2/q+1. The van der Waals surface area contributed by atoms with Crippen molar-refractivity contribution >= 4 is 39.1 Å². The van der Waals surface area contributed by atoms with Crippen LogP contribution >= 0.6 is 23.2 Å². The maximum atomic E-state index is 4.78. The molecule has 0 unspecified atom stereocenters. The third kappa shape index (κ3) is 3.74. The van der Waals surface area contributed by atoms with Crippen molar-refractivity contribution in [1.82, 2.24) is 4.98 Å². The summed E-state index contributed by atoms with van der Waals surface area (Å²) >= 11 is 3.54. The Morgan fingerprint density at radius 1 is 0.556 bits per heavy atom. The number of rotatable bonds is 5. The summed E-state index contributed by atoms with van der Waals surface area (Å²) in [5, 5.41) is 4.14. The molecule has 0 N–H and O–H groups in total. The van der Waals surface area contributed by atoms with Gasteiger partial charge in [0.15, 0.2) is 0 Å². The minimum absolute atomic E-state index is 0.882. The molecule has 0 saturated heterocycles. The SMILES string of the molecule is Brc1cccc(C[P+](c2ccccc2)(c2ccccc2)c2ccccc2)n1. The first kappa shape index (κ1) is 18.1. The zero-order valence-corrected chi connectivity index (χ0v) is 17.4.